The lowest BCUT2D eigenvalue weighted by atomic mass is 9.94. The topological polar surface area (TPSA) is 79.2 Å². The highest BCUT2D eigenvalue weighted by molar-refractivity contribution is 6.13. The molecule has 1 amide bonds. The first-order valence-electron chi connectivity index (χ1n) is 6.47. The SMILES string of the molecule is [O]c1cc(NC(=O)c2coc3c2C(=O)CCC3)ccc1F. The highest BCUT2D eigenvalue weighted by atomic mass is 19.1. The molecule has 1 aromatic carbocycles. The Hall–Kier alpha value is -2.63. The van der Waals surface area contributed by atoms with Crippen molar-refractivity contribution in [1.82, 2.24) is 0 Å². The largest absolute Gasteiger partial charge is 0.468 e. The number of hydrogen-bond acceptors (Lipinski definition) is 3. The van der Waals surface area contributed by atoms with Crippen molar-refractivity contribution in [2.75, 3.05) is 5.32 Å². The lowest BCUT2D eigenvalue weighted by Gasteiger charge is -2.10. The second-order valence-electron chi connectivity index (χ2n) is 4.82. The third-order valence-electron chi connectivity index (χ3n) is 3.39. The number of amides is 1. The molecule has 2 aromatic rings. The first kappa shape index (κ1) is 13.4. The van der Waals surface area contributed by atoms with Gasteiger partial charge in [0.05, 0.1) is 11.1 Å². The number of hydrogen-bond donors (Lipinski definition) is 1. The molecule has 5 nitrogen and oxygen atoms in total. The van der Waals surface area contributed by atoms with Crippen LogP contribution in [0.15, 0.2) is 28.9 Å². The van der Waals surface area contributed by atoms with E-state index < -0.39 is 17.5 Å². The van der Waals surface area contributed by atoms with Crippen molar-refractivity contribution in [2.45, 2.75) is 19.3 Å². The van der Waals surface area contributed by atoms with E-state index in [-0.39, 0.29) is 17.0 Å². The predicted octanol–water partition coefficient (Wildman–Crippen LogP) is 3.33. The maximum atomic E-state index is 12.9. The molecule has 21 heavy (non-hydrogen) atoms. The number of anilines is 1. The van der Waals surface area contributed by atoms with Gasteiger partial charge in [-0.2, -0.15) is 0 Å². The minimum atomic E-state index is -0.885. The maximum absolute atomic E-state index is 12.9. The molecule has 0 fully saturated rings. The van der Waals surface area contributed by atoms with Crippen molar-refractivity contribution < 1.29 is 23.5 Å². The van der Waals surface area contributed by atoms with Crippen LogP contribution in [-0.4, -0.2) is 11.7 Å². The van der Waals surface area contributed by atoms with Crippen molar-refractivity contribution in [2.24, 2.45) is 0 Å². The highest BCUT2D eigenvalue weighted by Crippen LogP contribution is 2.27. The van der Waals surface area contributed by atoms with Gasteiger partial charge in [0.15, 0.2) is 11.6 Å². The van der Waals surface area contributed by atoms with Gasteiger partial charge in [-0.3, -0.25) is 14.7 Å². The number of carbonyl (C=O) groups is 2. The zero-order valence-electron chi connectivity index (χ0n) is 10.9. The Balaban J connectivity index is 1.87. The lowest BCUT2D eigenvalue weighted by molar-refractivity contribution is 0.0955. The zero-order valence-corrected chi connectivity index (χ0v) is 10.9. The van der Waals surface area contributed by atoms with Crippen LogP contribution < -0.4 is 5.32 Å². The molecule has 3 rings (SSSR count). The number of nitrogens with one attached hydrogen (secondary N) is 1. The van der Waals surface area contributed by atoms with Gasteiger partial charge in [0, 0.05) is 24.6 Å². The van der Waals surface area contributed by atoms with Gasteiger partial charge in [-0.25, -0.2) is 4.39 Å². The summed E-state index contributed by atoms with van der Waals surface area (Å²) in [4.78, 5) is 24.1. The molecular formula is C15H11FNO4. The van der Waals surface area contributed by atoms with Gasteiger partial charge in [0.2, 0.25) is 5.75 Å². The number of halogens is 1. The van der Waals surface area contributed by atoms with Crippen molar-refractivity contribution in [3.8, 4) is 5.75 Å². The molecule has 0 saturated heterocycles. The summed E-state index contributed by atoms with van der Waals surface area (Å²) < 4.78 is 18.2. The standard InChI is InChI=1S/C15H11FNO4/c16-10-5-4-8(6-12(10)19)17-15(20)9-7-21-13-3-1-2-11(18)14(9)13/h4-7H,1-3H2,(H,17,20). The Morgan fingerprint density at radius 2 is 2.10 bits per heavy atom. The third kappa shape index (κ3) is 2.40. The van der Waals surface area contributed by atoms with Gasteiger partial charge in [0.25, 0.3) is 5.91 Å². The first-order valence-corrected chi connectivity index (χ1v) is 6.47. The van der Waals surface area contributed by atoms with E-state index in [9.17, 15) is 19.1 Å². The molecule has 0 aliphatic heterocycles. The minimum absolute atomic E-state index is 0.126. The molecule has 0 atom stereocenters. The Labute approximate surface area is 119 Å². The molecule has 0 saturated carbocycles. The number of ketones is 1. The number of rotatable bonds is 2. The molecule has 1 aromatic heterocycles. The van der Waals surface area contributed by atoms with Crippen molar-refractivity contribution in [3.63, 3.8) is 0 Å². The fraction of sp³-hybridized carbons (Fsp3) is 0.200. The Morgan fingerprint density at radius 3 is 2.86 bits per heavy atom. The quantitative estimate of drug-likeness (QED) is 0.920. The Kier molecular flexibility index (Phi) is 3.21. The third-order valence-corrected chi connectivity index (χ3v) is 3.39. The molecule has 1 aliphatic rings. The van der Waals surface area contributed by atoms with Crippen LogP contribution in [0.25, 0.3) is 0 Å². The van der Waals surface area contributed by atoms with Crippen LogP contribution in [0.4, 0.5) is 10.1 Å². The lowest BCUT2D eigenvalue weighted by Crippen LogP contribution is -2.17. The van der Waals surface area contributed by atoms with Crippen LogP contribution >= 0.6 is 0 Å². The molecule has 1 aliphatic carbocycles. The second kappa shape index (κ2) is 5.05. The number of carbonyl (C=O) groups excluding carboxylic acids is 2. The minimum Gasteiger partial charge on any atom is -0.468 e. The molecule has 6 heteroatoms. The van der Waals surface area contributed by atoms with E-state index in [1.54, 1.807) is 0 Å². The van der Waals surface area contributed by atoms with Gasteiger partial charge in [-0.1, -0.05) is 0 Å². The highest BCUT2D eigenvalue weighted by Gasteiger charge is 2.27. The van der Waals surface area contributed by atoms with Crippen molar-refractivity contribution in [3.05, 3.63) is 47.2 Å². The molecule has 0 spiro atoms. The number of benzene rings is 1. The summed E-state index contributed by atoms with van der Waals surface area (Å²) in [6.07, 6.45) is 2.95. The van der Waals surface area contributed by atoms with E-state index in [2.05, 4.69) is 5.32 Å². The van der Waals surface area contributed by atoms with Crippen LogP contribution in [0.1, 0.15) is 39.3 Å². The monoisotopic (exact) mass is 288 g/mol. The summed E-state index contributed by atoms with van der Waals surface area (Å²) in [5.41, 5.74) is 0.624. The molecule has 0 bridgehead atoms. The number of Topliss-reactive ketones (excluding diaryl/α,β-unsaturated/α-hetero) is 1. The van der Waals surface area contributed by atoms with Gasteiger partial charge >= 0.3 is 0 Å². The maximum Gasteiger partial charge on any atom is 0.259 e. The van der Waals surface area contributed by atoms with E-state index in [1.165, 1.54) is 12.3 Å². The number of furan rings is 1. The molecule has 1 N–H and O–H groups in total. The van der Waals surface area contributed by atoms with E-state index in [4.69, 9.17) is 4.42 Å². The van der Waals surface area contributed by atoms with E-state index in [1.807, 2.05) is 0 Å². The fourth-order valence-corrected chi connectivity index (χ4v) is 2.37. The molecule has 107 valence electrons. The number of aryl methyl sites for hydroxylation is 1. The summed E-state index contributed by atoms with van der Waals surface area (Å²) >= 11 is 0. The van der Waals surface area contributed by atoms with Crippen LogP contribution in [0, 0.1) is 5.82 Å². The molecule has 1 radical (unpaired) electrons. The molecular weight excluding hydrogens is 277 g/mol. The Bertz CT molecular complexity index is 735. The average Bonchev–Trinajstić information content (AvgIpc) is 2.88. The summed E-state index contributed by atoms with van der Waals surface area (Å²) in [5, 5.41) is 13.7. The normalized spacial score (nSPS) is 13.9. The van der Waals surface area contributed by atoms with Gasteiger partial charge in [-0.05, 0) is 18.6 Å². The van der Waals surface area contributed by atoms with Crippen LogP contribution in [0.3, 0.4) is 0 Å². The first-order chi connectivity index (χ1) is 10.1. The summed E-state index contributed by atoms with van der Waals surface area (Å²) in [6, 6.07) is 3.25. The molecule has 0 unspecified atom stereocenters. The summed E-state index contributed by atoms with van der Waals surface area (Å²) in [6.45, 7) is 0. The van der Waals surface area contributed by atoms with Gasteiger partial charge in [-0.15, -0.1) is 0 Å². The zero-order chi connectivity index (χ0) is 15.0. The van der Waals surface area contributed by atoms with Gasteiger partial charge in [0.1, 0.15) is 12.0 Å². The van der Waals surface area contributed by atoms with Crippen molar-refractivity contribution in [1.29, 1.82) is 0 Å². The Morgan fingerprint density at radius 1 is 1.29 bits per heavy atom. The van der Waals surface area contributed by atoms with Crippen LogP contribution in [0.2, 0.25) is 0 Å². The van der Waals surface area contributed by atoms with Gasteiger partial charge < -0.3 is 9.73 Å². The second-order valence-corrected chi connectivity index (χ2v) is 4.82. The fourth-order valence-electron chi connectivity index (χ4n) is 2.37. The van der Waals surface area contributed by atoms with Crippen LogP contribution in [0.5, 0.6) is 5.75 Å². The van der Waals surface area contributed by atoms with E-state index >= 15 is 0 Å². The smallest absolute Gasteiger partial charge is 0.259 e. The van der Waals surface area contributed by atoms with E-state index in [0.717, 1.165) is 12.1 Å². The molecule has 1 heterocycles. The van der Waals surface area contributed by atoms with E-state index in [0.29, 0.717) is 30.6 Å². The average molecular weight is 288 g/mol. The van der Waals surface area contributed by atoms with Crippen LogP contribution in [-0.2, 0) is 11.5 Å². The summed E-state index contributed by atoms with van der Waals surface area (Å²) in [7, 11) is 0. The van der Waals surface area contributed by atoms with Crippen molar-refractivity contribution >= 4 is 17.4 Å². The summed E-state index contributed by atoms with van der Waals surface area (Å²) in [5.74, 6) is -1.86. The number of fused-ring (bicyclic) bond motifs is 1. The predicted molar refractivity (Wildman–Crippen MR) is 70.5 cm³/mol.